The summed E-state index contributed by atoms with van der Waals surface area (Å²) in [5.41, 5.74) is 3.61. The number of phenolic OH excluding ortho intramolecular Hbond substituents is 1. The van der Waals surface area contributed by atoms with Gasteiger partial charge >= 0.3 is 0 Å². The van der Waals surface area contributed by atoms with Crippen molar-refractivity contribution < 1.29 is 34.8 Å². The second-order valence-electron chi connectivity index (χ2n) is 9.76. The number of aromatic hydroxyl groups is 1. The Hall–Kier alpha value is -3.17. The molecule has 0 unspecified atom stereocenters. The molecule has 0 aliphatic heterocycles. The average molecular weight is 454 g/mol. The molecule has 1 aromatic rings. The highest BCUT2D eigenvalue weighted by Gasteiger charge is 2.63. The Kier molecular flexibility index (Phi) is 4.54. The number of rotatable bonds is 3. The van der Waals surface area contributed by atoms with Gasteiger partial charge in [0.1, 0.15) is 22.8 Å². The second kappa shape index (κ2) is 6.91. The highest BCUT2D eigenvalue weighted by atomic mass is 16.3. The number of amides is 1. The van der Waals surface area contributed by atoms with Gasteiger partial charge in [-0.1, -0.05) is 6.07 Å². The van der Waals surface area contributed by atoms with Gasteiger partial charge in [-0.3, -0.25) is 19.3 Å². The fourth-order valence-electron chi connectivity index (χ4n) is 6.05. The van der Waals surface area contributed by atoms with Crippen LogP contribution in [0.3, 0.4) is 0 Å². The zero-order valence-corrected chi connectivity index (χ0v) is 18.3. The summed E-state index contributed by atoms with van der Waals surface area (Å²) in [6, 6.07) is 2.30. The van der Waals surface area contributed by atoms with Crippen molar-refractivity contribution in [1.29, 1.82) is 0 Å². The van der Waals surface area contributed by atoms with E-state index in [4.69, 9.17) is 5.73 Å². The van der Waals surface area contributed by atoms with E-state index in [-0.39, 0.29) is 23.3 Å². The highest BCUT2D eigenvalue weighted by Crippen LogP contribution is 2.54. The zero-order valence-electron chi connectivity index (χ0n) is 18.3. The van der Waals surface area contributed by atoms with Crippen molar-refractivity contribution >= 4 is 17.5 Å². The Morgan fingerprint density at radius 2 is 1.79 bits per heavy atom. The molecule has 0 bridgehead atoms. The quantitative estimate of drug-likeness (QED) is 0.423. The van der Waals surface area contributed by atoms with Crippen LogP contribution in [-0.4, -0.2) is 68.5 Å². The number of carbonyl (C=O) groups excluding carboxylic acids is 3. The first-order valence-corrected chi connectivity index (χ1v) is 11.0. The van der Waals surface area contributed by atoms with Crippen LogP contribution in [0.4, 0.5) is 0 Å². The average Bonchev–Trinajstić information content (AvgIpc) is 3.55. The molecule has 6 N–H and O–H groups in total. The van der Waals surface area contributed by atoms with E-state index in [1.165, 1.54) is 6.07 Å². The number of hydrogen-bond acceptors (Lipinski definition) is 8. The number of benzene rings is 1. The maximum absolute atomic E-state index is 13.5. The molecule has 1 fully saturated rings. The van der Waals surface area contributed by atoms with E-state index >= 15 is 0 Å². The largest absolute Gasteiger partial charge is 0.510 e. The van der Waals surface area contributed by atoms with Crippen molar-refractivity contribution in [3.05, 3.63) is 51.5 Å². The van der Waals surface area contributed by atoms with E-state index in [0.717, 1.165) is 24.0 Å². The number of aliphatic hydroxyl groups is 3. The number of likely N-dealkylation sites (N-methyl/N-ethyl adjacent to an activating group) is 1. The Morgan fingerprint density at radius 3 is 2.36 bits per heavy atom. The fourth-order valence-corrected chi connectivity index (χ4v) is 6.05. The van der Waals surface area contributed by atoms with Crippen molar-refractivity contribution in [3.8, 4) is 5.75 Å². The minimum atomic E-state index is -2.60. The van der Waals surface area contributed by atoms with Crippen LogP contribution in [-0.2, 0) is 16.0 Å². The molecule has 9 heteroatoms. The lowest BCUT2D eigenvalue weighted by Gasteiger charge is -2.50. The number of carbonyl (C=O) groups is 3. The molecular weight excluding hydrogens is 428 g/mol. The van der Waals surface area contributed by atoms with E-state index in [2.05, 4.69) is 0 Å². The van der Waals surface area contributed by atoms with Gasteiger partial charge in [-0.25, -0.2) is 0 Å². The maximum atomic E-state index is 13.5. The summed E-state index contributed by atoms with van der Waals surface area (Å²) >= 11 is 0. The first kappa shape index (κ1) is 21.7. The molecule has 4 aliphatic carbocycles. The predicted octanol–water partition coefficient (Wildman–Crippen LogP) is 0.998. The number of ketones is 2. The van der Waals surface area contributed by atoms with Gasteiger partial charge in [0.05, 0.1) is 11.6 Å². The standard InChI is InChI=1S/C24H26N2O7/c1-26(2)18-13-8-10-7-12-11(9-3-4-9)5-6-14(27)16(12)19(28)15(10)21(30)24(13,33)22(31)17(20(18)29)23(25)32/h5-6,9-10,13,18,27,29-30,33H,3-4,7-8H2,1-2H3,(H2,25,32)/t10-,13-,18-,24-/m0/s1. The Bertz CT molecular complexity index is 1190. The number of allylic oxidation sites excluding steroid dienone is 1. The lowest BCUT2D eigenvalue weighted by Crippen LogP contribution is -2.63. The molecule has 1 saturated carbocycles. The van der Waals surface area contributed by atoms with Gasteiger partial charge in [0.2, 0.25) is 5.78 Å². The molecule has 1 aromatic carbocycles. The molecule has 1 amide bonds. The summed E-state index contributed by atoms with van der Waals surface area (Å²) in [5.74, 6) is -5.94. The molecule has 5 rings (SSSR count). The summed E-state index contributed by atoms with van der Waals surface area (Å²) in [5, 5.41) is 44.0. The first-order valence-electron chi connectivity index (χ1n) is 11.0. The number of fused-ring (bicyclic) bond motifs is 3. The molecule has 4 atom stereocenters. The molecule has 0 spiro atoms. The number of primary amides is 1. The Balaban J connectivity index is 1.73. The monoisotopic (exact) mass is 454 g/mol. The molecule has 174 valence electrons. The van der Waals surface area contributed by atoms with E-state index in [0.29, 0.717) is 12.3 Å². The summed E-state index contributed by atoms with van der Waals surface area (Å²) in [4.78, 5) is 40.3. The van der Waals surface area contributed by atoms with Gasteiger partial charge in [-0.15, -0.1) is 0 Å². The van der Waals surface area contributed by atoms with Gasteiger partial charge in [-0.2, -0.15) is 0 Å². The Morgan fingerprint density at radius 1 is 1.12 bits per heavy atom. The number of nitrogens with two attached hydrogens (primary N) is 1. The normalized spacial score (nSPS) is 31.5. The van der Waals surface area contributed by atoms with Crippen molar-refractivity contribution in [3.63, 3.8) is 0 Å². The van der Waals surface area contributed by atoms with E-state index in [9.17, 15) is 34.8 Å². The van der Waals surface area contributed by atoms with E-state index in [1.54, 1.807) is 19.0 Å². The van der Waals surface area contributed by atoms with Gasteiger partial charge in [0, 0.05) is 11.5 Å². The fraction of sp³-hybridized carbons (Fsp3) is 0.458. The third kappa shape index (κ3) is 2.75. The molecule has 0 aromatic heterocycles. The maximum Gasteiger partial charge on any atom is 0.255 e. The summed E-state index contributed by atoms with van der Waals surface area (Å²) in [7, 11) is 3.22. The summed E-state index contributed by atoms with van der Waals surface area (Å²) in [6.45, 7) is 0. The Labute approximate surface area is 189 Å². The van der Waals surface area contributed by atoms with Gasteiger partial charge < -0.3 is 26.2 Å². The molecule has 0 heterocycles. The van der Waals surface area contributed by atoms with Crippen LogP contribution in [0.25, 0.3) is 0 Å². The first-order chi connectivity index (χ1) is 15.5. The summed E-state index contributed by atoms with van der Waals surface area (Å²) < 4.78 is 0. The third-order valence-electron chi connectivity index (χ3n) is 7.66. The minimum absolute atomic E-state index is 0.0835. The van der Waals surface area contributed by atoms with Crippen LogP contribution in [0, 0.1) is 11.8 Å². The number of aliphatic hydroxyl groups excluding tert-OH is 2. The van der Waals surface area contributed by atoms with Crippen molar-refractivity contribution in [2.75, 3.05) is 14.1 Å². The minimum Gasteiger partial charge on any atom is -0.510 e. The van der Waals surface area contributed by atoms with E-state index < -0.39 is 58.0 Å². The van der Waals surface area contributed by atoms with Crippen molar-refractivity contribution in [1.82, 2.24) is 4.90 Å². The molecule has 4 aliphatic rings. The van der Waals surface area contributed by atoms with Crippen LogP contribution >= 0.6 is 0 Å². The summed E-state index contributed by atoms with van der Waals surface area (Å²) in [6.07, 6.45) is 2.44. The van der Waals surface area contributed by atoms with Crippen LogP contribution in [0.1, 0.15) is 46.7 Å². The van der Waals surface area contributed by atoms with Crippen LogP contribution in [0.2, 0.25) is 0 Å². The zero-order chi connectivity index (χ0) is 24.0. The number of hydrogen-bond donors (Lipinski definition) is 5. The number of nitrogens with zero attached hydrogens (tertiary/aromatic N) is 1. The SMILES string of the molecule is CN(C)[C@@H]1C(O)=C(C(N)=O)C(=O)[C@@]2(O)C(O)=C3C(=O)c4c(O)ccc(C5CC5)c4C[C@H]3C[C@@H]12. The molecule has 9 nitrogen and oxygen atoms in total. The molecular formula is C24H26N2O7. The van der Waals surface area contributed by atoms with E-state index in [1.807, 2.05) is 6.07 Å². The van der Waals surface area contributed by atoms with Crippen LogP contribution < -0.4 is 5.73 Å². The van der Waals surface area contributed by atoms with Crippen LogP contribution in [0.5, 0.6) is 5.75 Å². The number of phenols is 1. The van der Waals surface area contributed by atoms with Crippen molar-refractivity contribution in [2.24, 2.45) is 17.6 Å². The van der Waals surface area contributed by atoms with Gasteiger partial charge in [0.25, 0.3) is 5.91 Å². The molecule has 0 radical (unpaired) electrons. The highest BCUT2D eigenvalue weighted by molar-refractivity contribution is 6.24. The predicted molar refractivity (Wildman–Crippen MR) is 116 cm³/mol. The number of Topliss-reactive ketones (excluding diaryl/α,β-unsaturated/α-hetero) is 2. The van der Waals surface area contributed by atoms with Crippen LogP contribution in [0.15, 0.2) is 34.8 Å². The lowest BCUT2D eigenvalue weighted by molar-refractivity contribution is -0.148. The van der Waals surface area contributed by atoms with Crippen molar-refractivity contribution in [2.45, 2.75) is 43.2 Å². The third-order valence-corrected chi connectivity index (χ3v) is 7.66. The topological polar surface area (TPSA) is 161 Å². The van der Waals surface area contributed by atoms with Gasteiger partial charge in [0.15, 0.2) is 11.4 Å². The van der Waals surface area contributed by atoms with Gasteiger partial charge in [-0.05, 0) is 68.8 Å². The smallest absolute Gasteiger partial charge is 0.255 e. The molecule has 33 heavy (non-hydrogen) atoms. The lowest BCUT2D eigenvalue weighted by atomic mass is 9.58. The molecule has 0 saturated heterocycles. The second-order valence-corrected chi connectivity index (χ2v) is 9.76.